The number of phenolic OH excluding ortho intramolecular Hbond substituents is 2. The van der Waals surface area contributed by atoms with E-state index in [1.807, 2.05) is 0 Å². The quantitative estimate of drug-likeness (QED) is 0.309. The van der Waals surface area contributed by atoms with Gasteiger partial charge in [-0.1, -0.05) is 24.3 Å². The summed E-state index contributed by atoms with van der Waals surface area (Å²) in [5.74, 6) is -3.06. The van der Waals surface area contributed by atoms with Crippen molar-refractivity contribution >= 4 is 29.8 Å². The first-order chi connectivity index (χ1) is 16.9. The molecule has 6 atom stereocenters. The summed E-state index contributed by atoms with van der Waals surface area (Å²) in [6.45, 7) is 2.80. The molecule has 11 heteroatoms. The summed E-state index contributed by atoms with van der Waals surface area (Å²) in [7, 11) is 0. The van der Waals surface area contributed by atoms with Crippen molar-refractivity contribution in [2.45, 2.75) is 69.4 Å². The van der Waals surface area contributed by atoms with Gasteiger partial charge in [-0.05, 0) is 13.8 Å². The van der Waals surface area contributed by atoms with Crippen LogP contribution >= 0.6 is 12.4 Å². The summed E-state index contributed by atoms with van der Waals surface area (Å²) in [6, 6.07) is 5.40. The number of aliphatic hydroxyl groups is 2. The van der Waals surface area contributed by atoms with E-state index >= 15 is 0 Å². The summed E-state index contributed by atoms with van der Waals surface area (Å²) in [6.07, 6.45) is -4.38. The van der Waals surface area contributed by atoms with Gasteiger partial charge >= 0.3 is 0 Å². The molecule has 0 saturated carbocycles. The number of fused-ring (bicyclic) bond motifs is 3. The molecule has 2 aliphatic carbocycles. The van der Waals surface area contributed by atoms with Gasteiger partial charge in [0.05, 0.1) is 29.4 Å². The zero-order valence-corrected chi connectivity index (χ0v) is 20.9. The number of phenols is 2. The molecule has 1 saturated heterocycles. The largest absolute Gasteiger partial charge is 0.507 e. The molecule has 1 fully saturated rings. The lowest BCUT2D eigenvalue weighted by molar-refractivity contribution is -0.247. The first-order valence-electron chi connectivity index (χ1n) is 11.7. The first-order valence-corrected chi connectivity index (χ1v) is 11.7. The molecule has 6 unspecified atom stereocenters. The maximum absolute atomic E-state index is 13.3. The Morgan fingerprint density at radius 2 is 1.68 bits per heavy atom. The monoisotopic (exact) mass is 533 g/mol. The SMILES string of the molecule is CC(=O)C1(O)Cc2c(O)c3c(c(O)c2C(OC2CC(N)C(O)C(C)O2)C1)C(=O)c1ccccc1C3=O.Cl. The second-order valence-corrected chi connectivity index (χ2v) is 9.80. The Morgan fingerprint density at radius 1 is 1.11 bits per heavy atom. The highest BCUT2D eigenvalue weighted by Gasteiger charge is 2.49. The molecular formula is C26H28ClNO9. The number of hydrogen-bond acceptors (Lipinski definition) is 10. The highest BCUT2D eigenvalue weighted by atomic mass is 35.5. The van der Waals surface area contributed by atoms with Crippen LogP contribution in [-0.2, 0) is 20.7 Å². The van der Waals surface area contributed by atoms with E-state index in [-0.39, 0.29) is 58.6 Å². The van der Waals surface area contributed by atoms with E-state index < -0.39 is 71.5 Å². The number of nitrogens with two attached hydrogens (primary N) is 1. The van der Waals surface area contributed by atoms with E-state index in [1.54, 1.807) is 19.1 Å². The third-order valence-corrected chi connectivity index (χ3v) is 7.50. The van der Waals surface area contributed by atoms with Crippen LogP contribution in [0.3, 0.4) is 0 Å². The van der Waals surface area contributed by atoms with Crippen LogP contribution in [0.25, 0.3) is 0 Å². The van der Waals surface area contributed by atoms with Gasteiger partial charge in [0.1, 0.15) is 17.1 Å². The predicted octanol–water partition coefficient (Wildman–Crippen LogP) is 1.44. The molecule has 1 aliphatic heterocycles. The lowest BCUT2D eigenvalue weighted by Gasteiger charge is -2.42. The number of carbonyl (C=O) groups is 3. The number of rotatable bonds is 3. The lowest BCUT2D eigenvalue weighted by atomic mass is 9.72. The number of ether oxygens (including phenoxy) is 2. The molecule has 0 radical (unpaired) electrons. The minimum Gasteiger partial charge on any atom is -0.507 e. The molecule has 0 aromatic heterocycles. The third-order valence-electron chi connectivity index (χ3n) is 7.50. The number of ketones is 3. The lowest BCUT2D eigenvalue weighted by Crippen LogP contribution is -2.52. The highest BCUT2D eigenvalue weighted by molar-refractivity contribution is 6.30. The highest BCUT2D eigenvalue weighted by Crippen LogP contribution is 2.51. The van der Waals surface area contributed by atoms with Gasteiger partial charge in [0.2, 0.25) is 0 Å². The Kier molecular flexibility index (Phi) is 6.95. The molecule has 2 aromatic rings. The van der Waals surface area contributed by atoms with Crippen LogP contribution in [-0.4, -0.2) is 67.9 Å². The molecule has 6 N–H and O–H groups in total. The fourth-order valence-electron chi connectivity index (χ4n) is 5.42. The van der Waals surface area contributed by atoms with Gasteiger partial charge in [-0.2, -0.15) is 0 Å². The van der Waals surface area contributed by atoms with Gasteiger partial charge in [0.25, 0.3) is 0 Å². The molecule has 5 rings (SSSR count). The van der Waals surface area contributed by atoms with Crippen molar-refractivity contribution in [3.8, 4) is 11.5 Å². The summed E-state index contributed by atoms with van der Waals surface area (Å²) >= 11 is 0. The number of hydrogen-bond donors (Lipinski definition) is 5. The standard InChI is InChI=1S/C26H27NO9.ClH/c1-10-21(29)15(27)7-17(35-10)36-16-9-26(34,11(2)28)8-14-18(16)25(33)20-19(24(14)32)22(30)12-5-3-4-6-13(12)23(20)31;/h3-6,10,15-17,21,29,32-34H,7-9,27H2,1-2H3;1H. The van der Waals surface area contributed by atoms with Crippen LogP contribution in [0.2, 0.25) is 0 Å². The van der Waals surface area contributed by atoms with Gasteiger partial charge < -0.3 is 35.6 Å². The van der Waals surface area contributed by atoms with E-state index in [0.717, 1.165) is 0 Å². The van der Waals surface area contributed by atoms with E-state index in [9.17, 15) is 34.8 Å². The summed E-state index contributed by atoms with van der Waals surface area (Å²) < 4.78 is 11.8. The smallest absolute Gasteiger partial charge is 0.198 e. The van der Waals surface area contributed by atoms with E-state index in [2.05, 4.69) is 0 Å². The minimum absolute atomic E-state index is 0. The molecule has 37 heavy (non-hydrogen) atoms. The summed E-state index contributed by atoms with van der Waals surface area (Å²) in [4.78, 5) is 39.0. The molecule has 10 nitrogen and oxygen atoms in total. The van der Waals surface area contributed by atoms with Crippen molar-refractivity contribution in [1.29, 1.82) is 0 Å². The van der Waals surface area contributed by atoms with E-state index in [1.165, 1.54) is 19.1 Å². The normalized spacial score (nSPS) is 30.6. The average molecular weight is 534 g/mol. The Hall–Kier alpha value is -2.86. The number of Topliss-reactive ketones (excluding diaryl/α,β-unsaturated/α-hetero) is 1. The topological polar surface area (TPSA) is 177 Å². The zero-order chi connectivity index (χ0) is 26.1. The molecule has 3 aliphatic rings. The number of benzene rings is 2. The van der Waals surface area contributed by atoms with Crippen LogP contribution in [0.5, 0.6) is 11.5 Å². The molecule has 1 heterocycles. The molecular weight excluding hydrogens is 506 g/mol. The Morgan fingerprint density at radius 3 is 2.22 bits per heavy atom. The van der Waals surface area contributed by atoms with Gasteiger partial charge in [0.15, 0.2) is 23.6 Å². The second-order valence-electron chi connectivity index (χ2n) is 9.80. The third kappa shape index (κ3) is 4.14. The Bertz CT molecular complexity index is 1300. The van der Waals surface area contributed by atoms with Crippen molar-refractivity contribution in [3.05, 3.63) is 57.6 Å². The summed E-state index contributed by atoms with van der Waals surface area (Å²) in [5, 5.41) is 43.8. The Labute approximate surface area is 218 Å². The van der Waals surface area contributed by atoms with Gasteiger partial charge in [-0.25, -0.2) is 0 Å². The van der Waals surface area contributed by atoms with E-state index in [4.69, 9.17) is 15.2 Å². The van der Waals surface area contributed by atoms with Crippen molar-refractivity contribution in [2.24, 2.45) is 5.73 Å². The maximum Gasteiger partial charge on any atom is 0.198 e. The van der Waals surface area contributed by atoms with Crippen LogP contribution in [0, 0.1) is 0 Å². The van der Waals surface area contributed by atoms with Crippen molar-refractivity contribution in [1.82, 2.24) is 0 Å². The number of carbonyl (C=O) groups excluding carboxylic acids is 3. The van der Waals surface area contributed by atoms with Gasteiger partial charge in [-0.3, -0.25) is 14.4 Å². The fourth-order valence-corrected chi connectivity index (χ4v) is 5.42. The molecule has 198 valence electrons. The van der Waals surface area contributed by atoms with Crippen molar-refractivity contribution in [3.63, 3.8) is 0 Å². The molecule has 0 spiro atoms. The van der Waals surface area contributed by atoms with Crippen LogP contribution in [0.4, 0.5) is 0 Å². The minimum atomic E-state index is -1.97. The van der Waals surface area contributed by atoms with Crippen molar-refractivity contribution in [2.75, 3.05) is 0 Å². The van der Waals surface area contributed by atoms with Gasteiger partial charge in [0, 0.05) is 47.6 Å². The predicted molar refractivity (Wildman–Crippen MR) is 131 cm³/mol. The van der Waals surface area contributed by atoms with E-state index in [0.29, 0.717) is 0 Å². The maximum atomic E-state index is 13.3. The fraction of sp³-hybridized carbons (Fsp3) is 0.423. The van der Waals surface area contributed by atoms with Gasteiger partial charge in [-0.15, -0.1) is 12.4 Å². The zero-order valence-electron chi connectivity index (χ0n) is 20.1. The number of aromatic hydroxyl groups is 2. The van der Waals surface area contributed by atoms with Crippen LogP contribution in [0.1, 0.15) is 75.8 Å². The Balaban J connectivity index is 0.00000320. The summed E-state index contributed by atoms with van der Waals surface area (Å²) in [5.41, 5.74) is 3.38. The van der Waals surface area contributed by atoms with Crippen LogP contribution < -0.4 is 5.73 Å². The first kappa shape index (κ1) is 27.2. The molecule has 2 aromatic carbocycles. The van der Waals surface area contributed by atoms with Crippen LogP contribution in [0.15, 0.2) is 24.3 Å². The number of halogens is 1. The number of aliphatic hydroxyl groups excluding tert-OH is 1. The molecule has 0 bridgehead atoms. The van der Waals surface area contributed by atoms with Crippen molar-refractivity contribution < 1.29 is 44.3 Å². The average Bonchev–Trinajstić information content (AvgIpc) is 2.82. The molecule has 0 amide bonds. The second kappa shape index (κ2) is 9.46.